The number of fused-ring (bicyclic) bond motifs is 1. The van der Waals surface area contributed by atoms with Crippen molar-refractivity contribution in [3.8, 4) is 11.4 Å². The van der Waals surface area contributed by atoms with Gasteiger partial charge in [0.25, 0.3) is 5.91 Å². The second kappa shape index (κ2) is 6.06. The number of rotatable bonds is 3. The first kappa shape index (κ1) is 15.4. The summed E-state index contributed by atoms with van der Waals surface area (Å²) in [5.74, 6) is -0.145. The lowest BCUT2D eigenvalue weighted by molar-refractivity contribution is 0.102. The standard InChI is InChI=1S/C17H12FN5OS/c1-10-2-4-11(5-3-10)14-20-21-17-23(14)22-16(25-17)19-15(24)12-6-8-13(18)9-7-12/h2-9H,1H3,(H,19,22,24). The Morgan fingerprint density at radius 3 is 2.52 bits per heavy atom. The fourth-order valence-electron chi connectivity index (χ4n) is 2.32. The maximum absolute atomic E-state index is 12.9. The molecule has 0 saturated heterocycles. The summed E-state index contributed by atoms with van der Waals surface area (Å²) in [6.07, 6.45) is 0. The third-order valence-corrected chi connectivity index (χ3v) is 4.44. The van der Waals surface area contributed by atoms with Crippen molar-refractivity contribution in [1.82, 2.24) is 19.8 Å². The van der Waals surface area contributed by atoms with Crippen molar-refractivity contribution in [2.75, 3.05) is 5.32 Å². The average molecular weight is 353 g/mol. The van der Waals surface area contributed by atoms with E-state index in [0.717, 1.165) is 11.1 Å². The van der Waals surface area contributed by atoms with Gasteiger partial charge in [-0.1, -0.05) is 41.2 Å². The van der Waals surface area contributed by atoms with Gasteiger partial charge in [0.1, 0.15) is 5.82 Å². The van der Waals surface area contributed by atoms with Gasteiger partial charge in [0.15, 0.2) is 5.82 Å². The van der Waals surface area contributed by atoms with Crippen LogP contribution >= 0.6 is 11.3 Å². The van der Waals surface area contributed by atoms with Crippen LogP contribution in [0.2, 0.25) is 0 Å². The van der Waals surface area contributed by atoms with E-state index in [1.807, 2.05) is 31.2 Å². The molecule has 0 fully saturated rings. The maximum Gasteiger partial charge on any atom is 0.257 e. The molecule has 0 spiro atoms. The predicted molar refractivity (Wildman–Crippen MR) is 93.2 cm³/mol. The number of halogens is 1. The first-order chi connectivity index (χ1) is 12.1. The minimum absolute atomic E-state index is 0.353. The molecule has 4 rings (SSSR count). The maximum atomic E-state index is 12.9. The number of aryl methyl sites for hydroxylation is 1. The summed E-state index contributed by atoms with van der Waals surface area (Å²) in [5.41, 5.74) is 2.39. The Kier molecular flexibility index (Phi) is 3.73. The van der Waals surface area contributed by atoms with Gasteiger partial charge in [0.05, 0.1) is 0 Å². The molecule has 6 nitrogen and oxygen atoms in total. The summed E-state index contributed by atoms with van der Waals surface area (Å²) in [7, 11) is 0. The van der Waals surface area contributed by atoms with E-state index in [4.69, 9.17) is 0 Å². The van der Waals surface area contributed by atoms with Gasteiger partial charge < -0.3 is 0 Å². The fraction of sp³-hybridized carbons (Fsp3) is 0.0588. The Bertz CT molecular complexity index is 1050. The normalized spacial score (nSPS) is 11.0. The van der Waals surface area contributed by atoms with E-state index in [1.165, 1.54) is 35.6 Å². The van der Waals surface area contributed by atoms with Gasteiger partial charge in [-0.25, -0.2) is 4.39 Å². The molecule has 2 aromatic heterocycles. The van der Waals surface area contributed by atoms with E-state index in [9.17, 15) is 9.18 Å². The Labute approximate surface area is 146 Å². The molecule has 0 aliphatic rings. The van der Waals surface area contributed by atoms with Crippen molar-refractivity contribution >= 4 is 27.3 Å². The predicted octanol–water partition coefficient (Wildman–Crippen LogP) is 3.55. The zero-order chi connectivity index (χ0) is 17.4. The lowest BCUT2D eigenvalue weighted by Crippen LogP contribution is -2.11. The number of amides is 1. The van der Waals surface area contributed by atoms with Gasteiger partial charge in [0.2, 0.25) is 10.1 Å². The number of hydrogen-bond acceptors (Lipinski definition) is 5. The smallest absolute Gasteiger partial charge is 0.257 e. The molecule has 0 saturated carbocycles. The van der Waals surface area contributed by atoms with Crippen LogP contribution in [-0.4, -0.2) is 25.7 Å². The Hall–Kier alpha value is -3.13. The minimum Gasteiger partial charge on any atom is -0.296 e. The molecule has 2 heterocycles. The topological polar surface area (TPSA) is 72.2 Å². The number of nitrogens with one attached hydrogen (secondary N) is 1. The van der Waals surface area contributed by atoms with Crippen LogP contribution in [-0.2, 0) is 0 Å². The summed E-state index contributed by atoms with van der Waals surface area (Å²) < 4.78 is 14.5. The number of carbonyl (C=O) groups is 1. The molecule has 8 heteroatoms. The first-order valence-corrected chi connectivity index (χ1v) is 8.28. The Morgan fingerprint density at radius 1 is 1.08 bits per heavy atom. The SMILES string of the molecule is Cc1ccc(-c2nnc3sc(NC(=O)c4ccc(F)cc4)nn23)cc1. The number of anilines is 1. The van der Waals surface area contributed by atoms with Crippen LogP contribution < -0.4 is 5.32 Å². The number of benzene rings is 2. The van der Waals surface area contributed by atoms with Gasteiger partial charge >= 0.3 is 0 Å². The van der Waals surface area contributed by atoms with Crippen LogP contribution in [0.4, 0.5) is 9.52 Å². The monoisotopic (exact) mass is 353 g/mol. The van der Waals surface area contributed by atoms with Gasteiger partial charge in [-0.15, -0.1) is 15.3 Å². The highest BCUT2D eigenvalue weighted by atomic mass is 32.1. The lowest BCUT2D eigenvalue weighted by atomic mass is 10.1. The summed E-state index contributed by atoms with van der Waals surface area (Å²) in [6.45, 7) is 2.01. The van der Waals surface area contributed by atoms with Gasteiger partial charge in [-0.05, 0) is 31.2 Å². The average Bonchev–Trinajstić information content (AvgIpc) is 3.16. The summed E-state index contributed by atoms with van der Waals surface area (Å²) in [6, 6.07) is 13.2. The van der Waals surface area contributed by atoms with Crippen LogP contribution in [0.15, 0.2) is 48.5 Å². The lowest BCUT2D eigenvalue weighted by Gasteiger charge is -2.01. The Morgan fingerprint density at radius 2 is 1.80 bits per heavy atom. The van der Waals surface area contributed by atoms with Crippen LogP contribution in [0.1, 0.15) is 15.9 Å². The molecule has 1 N–H and O–H groups in total. The summed E-state index contributed by atoms with van der Waals surface area (Å²) >= 11 is 1.21. The minimum atomic E-state index is -0.391. The van der Waals surface area contributed by atoms with E-state index in [0.29, 0.717) is 21.5 Å². The van der Waals surface area contributed by atoms with E-state index in [1.54, 1.807) is 4.52 Å². The molecule has 4 aromatic rings. The van der Waals surface area contributed by atoms with Gasteiger partial charge in [0, 0.05) is 11.1 Å². The second-order valence-corrected chi connectivity index (χ2v) is 6.41. The number of aromatic nitrogens is 4. The molecule has 0 atom stereocenters. The molecule has 25 heavy (non-hydrogen) atoms. The van der Waals surface area contributed by atoms with E-state index < -0.39 is 5.82 Å². The molecular weight excluding hydrogens is 341 g/mol. The summed E-state index contributed by atoms with van der Waals surface area (Å²) in [5, 5.41) is 15.7. The van der Waals surface area contributed by atoms with Crippen LogP contribution in [0, 0.1) is 12.7 Å². The molecule has 124 valence electrons. The molecular formula is C17H12FN5OS. The summed E-state index contributed by atoms with van der Waals surface area (Å²) in [4.78, 5) is 12.8. The van der Waals surface area contributed by atoms with Crippen molar-refractivity contribution in [1.29, 1.82) is 0 Å². The van der Waals surface area contributed by atoms with E-state index >= 15 is 0 Å². The largest absolute Gasteiger partial charge is 0.296 e. The molecule has 0 bridgehead atoms. The number of carbonyl (C=O) groups excluding carboxylic acids is 1. The van der Waals surface area contributed by atoms with Crippen molar-refractivity contribution in [2.24, 2.45) is 0 Å². The zero-order valence-electron chi connectivity index (χ0n) is 13.1. The third kappa shape index (κ3) is 2.99. The molecule has 0 aliphatic carbocycles. The first-order valence-electron chi connectivity index (χ1n) is 7.46. The van der Waals surface area contributed by atoms with Crippen molar-refractivity contribution < 1.29 is 9.18 Å². The van der Waals surface area contributed by atoms with Crippen molar-refractivity contribution in [3.05, 3.63) is 65.5 Å². The molecule has 0 aliphatic heterocycles. The van der Waals surface area contributed by atoms with Crippen molar-refractivity contribution in [3.63, 3.8) is 0 Å². The second-order valence-electron chi connectivity index (χ2n) is 5.45. The highest BCUT2D eigenvalue weighted by Gasteiger charge is 2.15. The zero-order valence-corrected chi connectivity index (χ0v) is 13.9. The fourth-order valence-corrected chi connectivity index (χ4v) is 3.06. The van der Waals surface area contributed by atoms with Crippen molar-refractivity contribution in [2.45, 2.75) is 6.92 Å². The molecule has 0 unspecified atom stereocenters. The number of nitrogens with zero attached hydrogens (tertiary/aromatic N) is 4. The highest BCUT2D eigenvalue weighted by Crippen LogP contribution is 2.24. The third-order valence-electron chi connectivity index (χ3n) is 3.63. The quantitative estimate of drug-likeness (QED) is 0.611. The Balaban J connectivity index is 1.62. The molecule has 1 amide bonds. The van der Waals surface area contributed by atoms with Gasteiger partial charge in [-0.3, -0.25) is 10.1 Å². The highest BCUT2D eigenvalue weighted by molar-refractivity contribution is 7.20. The van der Waals surface area contributed by atoms with Gasteiger partial charge in [-0.2, -0.15) is 4.52 Å². The van der Waals surface area contributed by atoms with Crippen LogP contribution in [0.5, 0.6) is 0 Å². The molecule has 2 aromatic carbocycles. The van der Waals surface area contributed by atoms with Crippen LogP contribution in [0.3, 0.4) is 0 Å². The molecule has 0 radical (unpaired) electrons. The van der Waals surface area contributed by atoms with E-state index in [2.05, 4.69) is 20.6 Å². The number of hydrogen-bond donors (Lipinski definition) is 1. The van der Waals surface area contributed by atoms with Crippen LogP contribution in [0.25, 0.3) is 16.3 Å². The van der Waals surface area contributed by atoms with E-state index in [-0.39, 0.29) is 5.91 Å².